The Morgan fingerprint density at radius 1 is 0.922 bits per heavy atom. The van der Waals surface area contributed by atoms with Gasteiger partial charge in [0.2, 0.25) is 12.0 Å². The predicted molar refractivity (Wildman–Crippen MR) is 244 cm³/mol. The maximum absolute atomic E-state index is 14.3. The average Bonchev–Trinajstić information content (AvgIpc) is 3.70. The number of para-hydroxylation sites is 1. The minimum atomic E-state index is -1.39. The lowest BCUT2D eigenvalue weighted by atomic mass is 9.94. The van der Waals surface area contributed by atoms with Crippen LogP contribution in [0, 0.1) is 12.7 Å². The molecule has 0 unspecified atom stereocenters. The van der Waals surface area contributed by atoms with Crippen molar-refractivity contribution in [1.82, 2.24) is 29.7 Å². The number of piperidine rings is 1. The molecule has 0 radical (unpaired) electrons. The standard InChI is InChI=1S/C49H46ClFN6O6S/c1-29-37-13-10-32(44(29)50)26-57(22-21-56-19-16-36(58)17-20-56)25-30-7-14-39(62-27-35-15-18-52-46(55-35)38-5-3-4-6-40(38)61-2)33(23-30)24-41(49(59)60)63-47-43-42(37)45(64-48(43)54-28-53-47)31-8-11-34(51)12-9-31/h3-15,18,23,28,36,41,58H,16-17,19-22,24-27H2,1-2H3,(H,59,60)/t41-/m1/s1. The summed E-state index contributed by atoms with van der Waals surface area (Å²) in [6.45, 7) is 6.28. The minimum Gasteiger partial charge on any atom is -0.496 e. The molecule has 0 amide bonds. The molecule has 4 bridgehead atoms. The number of ether oxygens (including phenoxy) is 3. The van der Waals surface area contributed by atoms with Gasteiger partial charge in [0.1, 0.15) is 35.1 Å². The van der Waals surface area contributed by atoms with Crippen molar-refractivity contribution in [2.45, 2.75) is 58.1 Å². The van der Waals surface area contributed by atoms with E-state index in [1.807, 2.05) is 61.5 Å². The number of hydrogen-bond acceptors (Lipinski definition) is 12. The van der Waals surface area contributed by atoms with E-state index in [9.17, 15) is 19.4 Å². The molecule has 2 N–H and O–H groups in total. The molecule has 6 heterocycles. The third-order valence-electron chi connectivity index (χ3n) is 11.9. The first-order chi connectivity index (χ1) is 31.1. The van der Waals surface area contributed by atoms with Crippen molar-refractivity contribution in [2.24, 2.45) is 0 Å². The lowest BCUT2D eigenvalue weighted by Crippen LogP contribution is -2.40. The zero-order valence-corrected chi connectivity index (χ0v) is 36.9. The number of rotatable bonds is 10. The number of likely N-dealkylation sites (tertiary alicyclic amines) is 1. The molecule has 3 aromatic heterocycles. The quantitative estimate of drug-likeness (QED) is 0.135. The number of halogens is 2. The molecule has 0 saturated carbocycles. The van der Waals surface area contributed by atoms with Crippen LogP contribution in [-0.4, -0.2) is 91.4 Å². The Morgan fingerprint density at radius 2 is 1.72 bits per heavy atom. The molecule has 4 aromatic carbocycles. The molecule has 1 atom stereocenters. The fraction of sp³-hybridized carbons (Fsp3) is 0.286. The summed E-state index contributed by atoms with van der Waals surface area (Å²) in [5, 5.41) is 22.2. The number of aliphatic carboxylic acids is 1. The molecular weight excluding hydrogens is 855 g/mol. The number of aliphatic hydroxyl groups excluding tert-OH is 1. The molecule has 1 saturated heterocycles. The van der Waals surface area contributed by atoms with E-state index in [1.54, 1.807) is 31.5 Å². The van der Waals surface area contributed by atoms with E-state index >= 15 is 0 Å². The molecule has 7 aromatic rings. The minimum absolute atomic E-state index is 0.0563. The molecule has 0 spiro atoms. The summed E-state index contributed by atoms with van der Waals surface area (Å²) in [5.41, 5.74) is 6.98. The molecule has 328 valence electrons. The predicted octanol–water partition coefficient (Wildman–Crippen LogP) is 9.02. The topological polar surface area (TPSA) is 143 Å². The molecule has 3 aliphatic rings. The van der Waals surface area contributed by atoms with Crippen molar-refractivity contribution in [3.8, 4) is 50.3 Å². The lowest BCUT2D eigenvalue weighted by Gasteiger charge is -2.32. The Bertz CT molecular complexity index is 2820. The van der Waals surface area contributed by atoms with Gasteiger partial charge in [-0.2, -0.15) is 0 Å². The van der Waals surface area contributed by atoms with Crippen LogP contribution in [0.2, 0.25) is 5.02 Å². The first-order valence-electron chi connectivity index (χ1n) is 21.2. The second kappa shape index (κ2) is 19.0. The van der Waals surface area contributed by atoms with E-state index in [0.29, 0.717) is 63.5 Å². The fourth-order valence-electron chi connectivity index (χ4n) is 8.46. The highest BCUT2D eigenvalue weighted by Crippen LogP contribution is 2.49. The zero-order valence-electron chi connectivity index (χ0n) is 35.3. The summed E-state index contributed by atoms with van der Waals surface area (Å²) in [6.07, 6.45) is 2.80. The van der Waals surface area contributed by atoms with Crippen LogP contribution in [0.15, 0.2) is 97.5 Å². The number of carbonyl (C=O) groups is 1. The Balaban J connectivity index is 1.14. The third-order valence-corrected chi connectivity index (χ3v) is 13.6. The van der Waals surface area contributed by atoms with Crippen LogP contribution in [-0.2, 0) is 30.9 Å². The van der Waals surface area contributed by atoms with Crippen LogP contribution in [0.3, 0.4) is 0 Å². The average molecular weight is 901 g/mol. The molecule has 3 aliphatic heterocycles. The second-order valence-electron chi connectivity index (χ2n) is 16.1. The van der Waals surface area contributed by atoms with Crippen LogP contribution < -0.4 is 14.2 Å². The number of carboxylic acids is 1. The number of benzene rings is 4. The number of hydrogen-bond donors (Lipinski definition) is 2. The molecule has 12 nitrogen and oxygen atoms in total. The van der Waals surface area contributed by atoms with Gasteiger partial charge < -0.3 is 29.3 Å². The lowest BCUT2D eigenvalue weighted by molar-refractivity contribution is -0.145. The SMILES string of the molecule is COc1ccccc1-c1nccc(COc2ccc3cc2C[C@H](C(=O)O)Oc2ncnc4sc(-c5ccc(F)cc5)c(c24)-c2ccc(c(Cl)c2C)CN(CCN2CCC(O)CC2)C3)n1. The summed E-state index contributed by atoms with van der Waals surface area (Å²) in [4.78, 5) is 37.8. The highest BCUT2D eigenvalue weighted by atomic mass is 35.5. The van der Waals surface area contributed by atoms with Gasteiger partial charge in [-0.05, 0) is 89.5 Å². The maximum Gasteiger partial charge on any atom is 0.345 e. The summed E-state index contributed by atoms with van der Waals surface area (Å²) < 4.78 is 32.8. The van der Waals surface area contributed by atoms with Gasteiger partial charge in [0.25, 0.3) is 0 Å². The van der Waals surface area contributed by atoms with Crippen LogP contribution >= 0.6 is 22.9 Å². The largest absolute Gasteiger partial charge is 0.496 e. The van der Waals surface area contributed by atoms with E-state index in [-0.39, 0.29) is 30.8 Å². The third kappa shape index (κ3) is 9.28. The number of aliphatic hydroxyl groups is 1. The van der Waals surface area contributed by atoms with E-state index in [4.69, 9.17) is 30.8 Å². The van der Waals surface area contributed by atoms with Crippen LogP contribution in [0.25, 0.3) is 43.2 Å². The first kappa shape index (κ1) is 43.2. The van der Waals surface area contributed by atoms with Crippen LogP contribution in [0.1, 0.15) is 40.8 Å². The van der Waals surface area contributed by atoms with Crippen molar-refractivity contribution < 1.29 is 33.6 Å². The highest BCUT2D eigenvalue weighted by molar-refractivity contribution is 7.22. The molecule has 15 heteroatoms. The Morgan fingerprint density at radius 3 is 2.52 bits per heavy atom. The van der Waals surface area contributed by atoms with Gasteiger partial charge in [-0.1, -0.05) is 60.1 Å². The molecule has 10 rings (SSSR count). The molecule has 0 aliphatic carbocycles. The van der Waals surface area contributed by atoms with E-state index in [1.165, 1.54) is 29.8 Å². The Hall–Kier alpha value is -6.03. The van der Waals surface area contributed by atoms with E-state index < -0.39 is 12.1 Å². The first-order valence-corrected chi connectivity index (χ1v) is 22.3. The number of fused-ring (bicyclic) bond motifs is 6. The fourth-order valence-corrected chi connectivity index (χ4v) is 9.84. The van der Waals surface area contributed by atoms with Gasteiger partial charge >= 0.3 is 5.97 Å². The Labute approximate surface area is 378 Å². The summed E-state index contributed by atoms with van der Waals surface area (Å²) in [6, 6.07) is 25.5. The number of methoxy groups -OCH3 is 1. The van der Waals surface area contributed by atoms with Gasteiger partial charge in [0.15, 0.2) is 5.82 Å². The summed E-state index contributed by atoms with van der Waals surface area (Å²) in [5.74, 6) is 0.154. The number of nitrogens with zero attached hydrogens (tertiary/aromatic N) is 6. The summed E-state index contributed by atoms with van der Waals surface area (Å²) in [7, 11) is 1.60. The van der Waals surface area contributed by atoms with Crippen molar-refractivity contribution in [3.05, 3.63) is 136 Å². The number of thiophene rings is 1. The van der Waals surface area contributed by atoms with Gasteiger partial charge in [-0.15, -0.1) is 11.3 Å². The van der Waals surface area contributed by atoms with Crippen molar-refractivity contribution >= 4 is 39.1 Å². The normalized spacial score (nSPS) is 16.2. The van der Waals surface area contributed by atoms with Crippen molar-refractivity contribution in [1.29, 1.82) is 0 Å². The van der Waals surface area contributed by atoms with Crippen LogP contribution in [0.5, 0.6) is 17.4 Å². The zero-order chi connectivity index (χ0) is 44.3. The number of carboxylic acid groups (broad SMARTS) is 1. The monoisotopic (exact) mass is 900 g/mol. The maximum atomic E-state index is 14.3. The van der Waals surface area contributed by atoms with Crippen LogP contribution in [0.4, 0.5) is 4.39 Å². The summed E-state index contributed by atoms with van der Waals surface area (Å²) >= 11 is 8.74. The second-order valence-corrected chi connectivity index (χ2v) is 17.5. The number of aromatic nitrogens is 4. The smallest absolute Gasteiger partial charge is 0.345 e. The molecular formula is C49H46ClFN6O6S. The molecule has 1 fully saturated rings. The van der Waals surface area contributed by atoms with Gasteiger partial charge in [0.05, 0.1) is 29.9 Å². The highest BCUT2D eigenvalue weighted by Gasteiger charge is 2.29. The van der Waals surface area contributed by atoms with Crippen molar-refractivity contribution in [3.63, 3.8) is 0 Å². The molecule has 64 heavy (non-hydrogen) atoms. The van der Waals surface area contributed by atoms with E-state index in [2.05, 4.69) is 24.8 Å². The Kier molecular flexibility index (Phi) is 12.8. The van der Waals surface area contributed by atoms with Gasteiger partial charge in [-0.3, -0.25) is 4.90 Å². The van der Waals surface area contributed by atoms with E-state index in [0.717, 1.165) is 76.3 Å². The van der Waals surface area contributed by atoms with Gasteiger partial charge in [-0.25, -0.2) is 29.1 Å². The van der Waals surface area contributed by atoms with Gasteiger partial charge in [0, 0.05) is 67.3 Å². The van der Waals surface area contributed by atoms with Crippen molar-refractivity contribution in [2.75, 3.05) is 33.3 Å².